The zero-order valence-corrected chi connectivity index (χ0v) is 9.95. The second-order valence-electron chi connectivity index (χ2n) is 4.77. The molecule has 0 bridgehead atoms. The predicted molar refractivity (Wildman–Crippen MR) is 63.3 cm³/mol. The predicted octanol–water partition coefficient (Wildman–Crippen LogP) is 2.18. The molecular weight excluding hydrogens is 219 g/mol. The highest BCUT2D eigenvalue weighted by Gasteiger charge is 2.21. The van der Waals surface area contributed by atoms with E-state index in [0.29, 0.717) is 18.0 Å². The molecule has 4 heteroatoms. The molecule has 1 aromatic heterocycles. The quantitative estimate of drug-likeness (QED) is 0.818. The van der Waals surface area contributed by atoms with Gasteiger partial charge < -0.3 is 5.32 Å². The van der Waals surface area contributed by atoms with Gasteiger partial charge in [0.25, 0.3) is 0 Å². The molecule has 2 atom stereocenters. The van der Waals surface area contributed by atoms with Gasteiger partial charge in [-0.25, -0.2) is 4.39 Å². The van der Waals surface area contributed by atoms with Crippen molar-refractivity contribution in [1.82, 2.24) is 10.3 Å². The van der Waals surface area contributed by atoms with Gasteiger partial charge in [0.05, 0.1) is 6.20 Å². The summed E-state index contributed by atoms with van der Waals surface area (Å²) < 4.78 is 12.7. The van der Waals surface area contributed by atoms with E-state index in [-0.39, 0.29) is 11.8 Å². The summed E-state index contributed by atoms with van der Waals surface area (Å²) in [6.45, 7) is 3.17. The number of aromatic nitrogens is 1. The largest absolute Gasteiger partial charge is 0.314 e. The normalized spacial score (nSPS) is 24.6. The highest BCUT2D eigenvalue weighted by atomic mass is 19.1. The smallest absolute Gasteiger partial charge is 0.182 e. The van der Waals surface area contributed by atoms with Gasteiger partial charge in [-0.1, -0.05) is 6.92 Å². The first-order chi connectivity index (χ1) is 8.15. The summed E-state index contributed by atoms with van der Waals surface area (Å²) in [6.07, 6.45) is 3.72. The third-order valence-electron chi connectivity index (χ3n) is 3.20. The Kier molecular flexibility index (Phi) is 3.84. The average Bonchev–Trinajstić information content (AvgIpc) is 2.29. The fourth-order valence-corrected chi connectivity index (χ4v) is 2.25. The molecule has 0 amide bonds. The first kappa shape index (κ1) is 12.2. The molecule has 92 valence electrons. The number of ketones is 1. The fourth-order valence-electron chi connectivity index (χ4n) is 2.25. The van der Waals surface area contributed by atoms with Crippen molar-refractivity contribution in [3.63, 3.8) is 0 Å². The van der Waals surface area contributed by atoms with Crippen LogP contribution in [0.1, 0.15) is 36.7 Å². The molecule has 3 nitrogen and oxygen atoms in total. The number of pyridine rings is 1. The van der Waals surface area contributed by atoms with Crippen LogP contribution in [-0.4, -0.2) is 23.4 Å². The lowest BCUT2D eigenvalue weighted by molar-refractivity contribution is 0.0954. The fraction of sp³-hybridized carbons (Fsp3) is 0.538. The molecule has 0 aromatic carbocycles. The van der Waals surface area contributed by atoms with Gasteiger partial charge in [0.1, 0.15) is 11.5 Å². The van der Waals surface area contributed by atoms with E-state index in [9.17, 15) is 9.18 Å². The summed E-state index contributed by atoms with van der Waals surface area (Å²) in [5, 5.41) is 3.34. The second-order valence-corrected chi connectivity index (χ2v) is 4.77. The maximum Gasteiger partial charge on any atom is 0.182 e. The van der Waals surface area contributed by atoms with Crippen molar-refractivity contribution in [3.8, 4) is 0 Å². The van der Waals surface area contributed by atoms with Gasteiger partial charge in [-0.05, 0) is 37.4 Å². The monoisotopic (exact) mass is 236 g/mol. The highest BCUT2D eigenvalue weighted by molar-refractivity contribution is 5.94. The standard InChI is InChI=1S/C13H17FN2O/c1-9-4-5-15-11(6-9)7-13(17)12-3-2-10(14)8-16-12/h2-3,8-9,11,15H,4-7H2,1H3. The molecule has 0 aliphatic carbocycles. The van der Waals surface area contributed by atoms with Gasteiger partial charge in [0.2, 0.25) is 0 Å². The Morgan fingerprint density at radius 3 is 3.06 bits per heavy atom. The first-order valence-corrected chi connectivity index (χ1v) is 6.03. The molecular formula is C13H17FN2O. The Hall–Kier alpha value is -1.29. The summed E-state index contributed by atoms with van der Waals surface area (Å²) >= 11 is 0. The van der Waals surface area contributed by atoms with Gasteiger partial charge in [-0.3, -0.25) is 9.78 Å². The lowest BCUT2D eigenvalue weighted by Gasteiger charge is -2.27. The molecule has 1 fully saturated rings. The van der Waals surface area contributed by atoms with Crippen molar-refractivity contribution in [2.45, 2.75) is 32.2 Å². The summed E-state index contributed by atoms with van der Waals surface area (Å²) in [6, 6.07) is 2.96. The molecule has 0 radical (unpaired) electrons. The number of halogens is 1. The van der Waals surface area contributed by atoms with Gasteiger partial charge in [-0.2, -0.15) is 0 Å². The van der Waals surface area contributed by atoms with Crippen LogP contribution in [0.4, 0.5) is 4.39 Å². The zero-order valence-electron chi connectivity index (χ0n) is 9.95. The van der Waals surface area contributed by atoms with E-state index in [2.05, 4.69) is 17.2 Å². The van der Waals surface area contributed by atoms with Gasteiger partial charge in [0.15, 0.2) is 5.78 Å². The topological polar surface area (TPSA) is 42.0 Å². The van der Waals surface area contributed by atoms with Crippen LogP contribution in [0, 0.1) is 11.7 Å². The summed E-state index contributed by atoms with van der Waals surface area (Å²) in [7, 11) is 0. The van der Waals surface area contributed by atoms with E-state index in [0.717, 1.165) is 19.2 Å². The van der Waals surface area contributed by atoms with Crippen LogP contribution in [0.25, 0.3) is 0 Å². The zero-order chi connectivity index (χ0) is 12.3. The van der Waals surface area contributed by atoms with Crippen molar-refractivity contribution in [2.24, 2.45) is 5.92 Å². The first-order valence-electron chi connectivity index (χ1n) is 6.03. The maximum atomic E-state index is 12.7. The molecule has 2 heterocycles. The summed E-state index contributed by atoms with van der Waals surface area (Å²) in [4.78, 5) is 15.7. The van der Waals surface area contributed by atoms with Crippen molar-refractivity contribution in [2.75, 3.05) is 6.54 Å². The molecule has 2 rings (SSSR count). The van der Waals surface area contributed by atoms with E-state index in [1.54, 1.807) is 0 Å². The second kappa shape index (κ2) is 5.36. The number of hydrogen-bond acceptors (Lipinski definition) is 3. The van der Waals surface area contributed by atoms with Gasteiger partial charge >= 0.3 is 0 Å². The van der Waals surface area contributed by atoms with Crippen LogP contribution in [0.3, 0.4) is 0 Å². The van der Waals surface area contributed by atoms with Crippen molar-refractivity contribution >= 4 is 5.78 Å². The minimum atomic E-state index is -0.411. The number of nitrogens with zero attached hydrogens (tertiary/aromatic N) is 1. The molecule has 1 aliphatic rings. The van der Waals surface area contributed by atoms with Crippen LogP contribution in [0.15, 0.2) is 18.3 Å². The number of nitrogens with one attached hydrogen (secondary N) is 1. The van der Waals surface area contributed by atoms with Gasteiger partial charge in [-0.15, -0.1) is 0 Å². The Morgan fingerprint density at radius 2 is 2.41 bits per heavy atom. The average molecular weight is 236 g/mol. The van der Waals surface area contributed by atoms with E-state index in [4.69, 9.17) is 0 Å². The number of carbonyl (C=O) groups excluding carboxylic acids is 1. The minimum absolute atomic E-state index is 0.0170. The lowest BCUT2D eigenvalue weighted by Crippen LogP contribution is -2.38. The molecule has 2 unspecified atom stereocenters. The Morgan fingerprint density at radius 1 is 1.59 bits per heavy atom. The SMILES string of the molecule is CC1CCNC(CC(=O)c2ccc(F)cn2)C1. The van der Waals surface area contributed by atoms with Crippen LogP contribution in [0.2, 0.25) is 0 Å². The number of hydrogen-bond donors (Lipinski definition) is 1. The van der Waals surface area contributed by atoms with E-state index in [1.165, 1.54) is 18.6 Å². The molecule has 17 heavy (non-hydrogen) atoms. The van der Waals surface area contributed by atoms with Crippen LogP contribution in [0.5, 0.6) is 0 Å². The molecule has 0 spiro atoms. The number of rotatable bonds is 3. The Bertz CT molecular complexity index is 391. The number of piperidine rings is 1. The van der Waals surface area contributed by atoms with Crippen molar-refractivity contribution < 1.29 is 9.18 Å². The van der Waals surface area contributed by atoms with Crippen molar-refractivity contribution in [3.05, 3.63) is 29.8 Å². The van der Waals surface area contributed by atoms with E-state index >= 15 is 0 Å². The summed E-state index contributed by atoms with van der Waals surface area (Å²) in [5.74, 6) is 0.234. The lowest BCUT2D eigenvalue weighted by atomic mass is 9.91. The van der Waals surface area contributed by atoms with E-state index < -0.39 is 5.82 Å². The minimum Gasteiger partial charge on any atom is -0.314 e. The van der Waals surface area contributed by atoms with E-state index in [1.807, 2.05) is 0 Å². The molecule has 1 aromatic rings. The van der Waals surface area contributed by atoms with Gasteiger partial charge in [0, 0.05) is 12.5 Å². The van der Waals surface area contributed by atoms with Crippen LogP contribution < -0.4 is 5.32 Å². The van der Waals surface area contributed by atoms with Crippen LogP contribution >= 0.6 is 0 Å². The Balaban J connectivity index is 1.94. The van der Waals surface area contributed by atoms with Crippen LogP contribution in [-0.2, 0) is 0 Å². The maximum absolute atomic E-state index is 12.7. The Labute approximate surface area is 100 Å². The van der Waals surface area contributed by atoms with Crippen molar-refractivity contribution in [1.29, 1.82) is 0 Å². The number of carbonyl (C=O) groups is 1. The molecule has 1 N–H and O–H groups in total. The summed E-state index contributed by atoms with van der Waals surface area (Å²) in [5.41, 5.74) is 0.353. The highest BCUT2D eigenvalue weighted by Crippen LogP contribution is 2.18. The third kappa shape index (κ3) is 3.33. The number of Topliss-reactive ketones (excluding diaryl/α,β-unsaturated/α-hetero) is 1. The molecule has 1 aliphatic heterocycles. The molecule has 1 saturated heterocycles. The molecule has 0 saturated carbocycles. The third-order valence-corrected chi connectivity index (χ3v) is 3.20.